The van der Waals surface area contributed by atoms with E-state index in [1.165, 1.54) is 0 Å². The van der Waals surface area contributed by atoms with Crippen LogP contribution in [0.2, 0.25) is 0 Å². The Morgan fingerprint density at radius 2 is 2.32 bits per heavy atom. The van der Waals surface area contributed by atoms with Gasteiger partial charge in [-0.05, 0) is 51.7 Å². The first-order valence-electron chi connectivity index (χ1n) is 6.83. The third-order valence-electron chi connectivity index (χ3n) is 3.54. The number of nitrogens with zero attached hydrogens (tertiary/aromatic N) is 2. The van der Waals surface area contributed by atoms with E-state index in [9.17, 15) is 4.79 Å². The Bertz CT molecular complexity index is 411. The summed E-state index contributed by atoms with van der Waals surface area (Å²) in [6.07, 6.45) is 3.36. The molecule has 0 radical (unpaired) electrons. The second-order valence-electron chi connectivity index (χ2n) is 5.18. The van der Waals surface area contributed by atoms with E-state index >= 15 is 0 Å². The lowest BCUT2D eigenvalue weighted by molar-refractivity contribution is -0.117. The molecular weight excluding hydrogens is 244 g/mol. The van der Waals surface area contributed by atoms with E-state index in [0.29, 0.717) is 12.4 Å². The fourth-order valence-electron chi connectivity index (χ4n) is 2.47. The summed E-state index contributed by atoms with van der Waals surface area (Å²) in [5.74, 6) is 1.09. The monoisotopic (exact) mass is 266 g/mol. The highest BCUT2D eigenvalue weighted by Gasteiger charge is 2.20. The van der Waals surface area contributed by atoms with Crippen molar-refractivity contribution in [2.75, 3.05) is 31.5 Å². The first kappa shape index (κ1) is 14.0. The topological polar surface area (TPSA) is 84.4 Å². The van der Waals surface area contributed by atoms with Crippen LogP contribution < -0.4 is 11.1 Å². The Balaban J connectivity index is 1.71. The van der Waals surface area contributed by atoms with Crippen molar-refractivity contribution in [1.82, 2.24) is 10.1 Å². The summed E-state index contributed by atoms with van der Waals surface area (Å²) in [5.41, 5.74) is 6.33. The van der Waals surface area contributed by atoms with E-state index < -0.39 is 0 Å². The van der Waals surface area contributed by atoms with Crippen LogP contribution in [0.25, 0.3) is 0 Å². The van der Waals surface area contributed by atoms with Gasteiger partial charge in [0.15, 0.2) is 0 Å². The molecule has 1 amide bonds. The van der Waals surface area contributed by atoms with Crippen LogP contribution in [0.3, 0.4) is 0 Å². The molecule has 0 bridgehead atoms. The summed E-state index contributed by atoms with van der Waals surface area (Å²) in [4.78, 5) is 14.0. The maximum atomic E-state index is 11.8. The molecule has 1 fully saturated rings. The summed E-state index contributed by atoms with van der Waals surface area (Å²) >= 11 is 0. The molecule has 6 heteroatoms. The van der Waals surface area contributed by atoms with Crippen molar-refractivity contribution in [3.05, 3.63) is 11.8 Å². The Morgan fingerprint density at radius 1 is 1.58 bits per heavy atom. The number of hydrogen-bond acceptors (Lipinski definition) is 5. The van der Waals surface area contributed by atoms with Gasteiger partial charge in [-0.2, -0.15) is 0 Å². The number of amides is 1. The van der Waals surface area contributed by atoms with Gasteiger partial charge in [0.2, 0.25) is 11.8 Å². The molecule has 6 nitrogen and oxygen atoms in total. The minimum atomic E-state index is -0.0478. The van der Waals surface area contributed by atoms with Crippen molar-refractivity contribution in [3.8, 4) is 0 Å². The van der Waals surface area contributed by atoms with E-state index in [-0.39, 0.29) is 5.91 Å². The van der Waals surface area contributed by atoms with Crippen LogP contribution in [-0.2, 0) is 4.79 Å². The van der Waals surface area contributed by atoms with Crippen LogP contribution in [0.5, 0.6) is 0 Å². The number of carbonyl (C=O) groups excluding carboxylic acids is 1. The lowest BCUT2D eigenvalue weighted by Gasteiger charge is -2.31. The summed E-state index contributed by atoms with van der Waals surface area (Å²) in [6.45, 7) is 4.92. The fraction of sp³-hybridized carbons (Fsp3) is 0.692. The first-order valence-corrected chi connectivity index (χ1v) is 6.83. The number of hydrogen-bond donors (Lipinski definition) is 2. The van der Waals surface area contributed by atoms with Crippen LogP contribution in [0.1, 0.15) is 25.0 Å². The van der Waals surface area contributed by atoms with Crippen molar-refractivity contribution < 1.29 is 9.32 Å². The molecule has 0 unspecified atom stereocenters. The van der Waals surface area contributed by atoms with E-state index in [2.05, 4.69) is 15.4 Å². The van der Waals surface area contributed by atoms with Crippen LogP contribution in [0.4, 0.5) is 5.88 Å². The predicted octanol–water partition coefficient (Wildman–Crippen LogP) is 0.982. The average Bonchev–Trinajstić information content (AvgIpc) is 2.77. The van der Waals surface area contributed by atoms with Gasteiger partial charge < -0.3 is 10.3 Å². The SMILES string of the molecule is Cc1cc(NC(=O)CN2CCC(CCN)CC2)on1. The van der Waals surface area contributed by atoms with Gasteiger partial charge in [-0.15, -0.1) is 0 Å². The van der Waals surface area contributed by atoms with Gasteiger partial charge in [0.25, 0.3) is 0 Å². The third-order valence-corrected chi connectivity index (χ3v) is 3.54. The third kappa shape index (κ3) is 4.33. The quantitative estimate of drug-likeness (QED) is 0.830. The average molecular weight is 266 g/mol. The second kappa shape index (κ2) is 6.68. The molecule has 2 heterocycles. The second-order valence-corrected chi connectivity index (χ2v) is 5.18. The van der Waals surface area contributed by atoms with Crippen LogP contribution in [0, 0.1) is 12.8 Å². The van der Waals surface area contributed by atoms with Crippen molar-refractivity contribution in [2.24, 2.45) is 11.7 Å². The number of nitrogens with one attached hydrogen (secondary N) is 1. The summed E-state index contributed by atoms with van der Waals surface area (Å²) in [5, 5.41) is 6.45. The Hall–Kier alpha value is -1.40. The van der Waals surface area contributed by atoms with Crippen LogP contribution in [0.15, 0.2) is 10.6 Å². The molecule has 1 aromatic rings. The zero-order valence-corrected chi connectivity index (χ0v) is 11.4. The van der Waals surface area contributed by atoms with Crippen molar-refractivity contribution in [3.63, 3.8) is 0 Å². The molecule has 106 valence electrons. The number of aromatic nitrogens is 1. The van der Waals surface area contributed by atoms with Gasteiger partial charge in [0.05, 0.1) is 12.2 Å². The number of nitrogens with two attached hydrogens (primary N) is 1. The lowest BCUT2D eigenvalue weighted by atomic mass is 9.94. The van der Waals surface area contributed by atoms with Gasteiger partial charge in [-0.25, -0.2) is 0 Å². The van der Waals surface area contributed by atoms with Crippen molar-refractivity contribution >= 4 is 11.8 Å². The van der Waals surface area contributed by atoms with Gasteiger partial charge in [0, 0.05) is 6.07 Å². The molecule has 1 aliphatic heterocycles. The van der Waals surface area contributed by atoms with Gasteiger partial charge in [-0.3, -0.25) is 15.0 Å². The van der Waals surface area contributed by atoms with Gasteiger partial charge in [0.1, 0.15) is 0 Å². The first-order chi connectivity index (χ1) is 9.17. The minimum absolute atomic E-state index is 0.0478. The number of anilines is 1. The largest absolute Gasteiger partial charge is 0.338 e. The summed E-state index contributed by atoms with van der Waals surface area (Å²) < 4.78 is 4.96. The van der Waals surface area contributed by atoms with E-state index in [4.69, 9.17) is 10.3 Å². The summed E-state index contributed by atoms with van der Waals surface area (Å²) in [6, 6.07) is 1.71. The van der Waals surface area contributed by atoms with Gasteiger partial charge in [-0.1, -0.05) is 5.16 Å². The maximum Gasteiger partial charge on any atom is 0.240 e. The Kier molecular flexibility index (Phi) is 4.93. The molecule has 1 aromatic heterocycles. The molecule has 19 heavy (non-hydrogen) atoms. The zero-order valence-electron chi connectivity index (χ0n) is 11.4. The molecule has 1 saturated heterocycles. The maximum absolute atomic E-state index is 11.8. The number of likely N-dealkylation sites (tertiary alicyclic amines) is 1. The number of aryl methyl sites for hydroxylation is 1. The van der Waals surface area contributed by atoms with E-state index in [1.54, 1.807) is 6.07 Å². The van der Waals surface area contributed by atoms with Crippen molar-refractivity contribution in [1.29, 1.82) is 0 Å². The number of piperidine rings is 1. The fourth-order valence-corrected chi connectivity index (χ4v) is 2.47. The Labute approximate surface area is 113 Å². The highest BCUT2D eigenvalue weighted by atomic mass is 16.5. The molecule has 0 spiro atoms. The predicted molar refractivity (Wildman–Crippen MR) is 72.7 cm³/mol. The molecule has 1 aliphatic rings. The smallest absolute Gasteiger partial charge is 0.240 e. The minimum Gasteiger partial charge on any atom is -0.338 e. The standard InChI is InChI=1S/C13H22N4O2/c1-10-8-13(19-16-10)15-12(18)9-17-6-3-11(2-5-14)4-7-17/h8,11H,2-7,9,14H2,1H3,(H,15,18). The number of rotatable bonds is 5. The highest BCUT2D eigenvalue weighted by molar-refractivity contribution is 5.90. The highest BCUT2D eigenvalue weighted by Crippen LogP contribution is 2.19. The molecular formula is C13H22N4O2. The molecule has 0 aromatic carbocycles. The van der Waals surface area contributed by atoms with E-state index in [1.807, 2.05) is 6.92 Å². The van der Waals surface area contributed by atoms with Crippen molar-refractivity contribution in [2.45, 2.75) is 26.2 Å². The molecule has 0 saturated carbocycles. The molecule has 3 N–H and O–H groups in total. The summed E-state index contributed by atoms with van der Waals surface area (Å²) in [7, 11) is 0. The lowest BCUT2D eigenvalue weighted by Crippen LogP contribution is -2.39. The van der Waals surface area contributed by atoms with Crippen LogP contribution in [-0.4, -0.2) is 42.1 Å². The van der Waals surface area contributed by atoms with Gasteiger partial charge >= 0.3 is 0 Å². The number of carbonyl (C=O) groups is 1. The van der Waals surface area contributed by atoms with E-state index in [0.717, 1.165) is 50.5 Å². The molecule has 0 aliphatic carbocycles. The normalized spacial score (nSPS) is 17.6. The molecule has 2 rings (SSSR count). The zero-order chi connectivity index (χ0) is 13.7. The van der Waals surface area contributed by atoms with Crippen LogP contribution >= 0.6 is 0 Å². The Morgan fingerprint density at radius 3 is 2.89 bits per heavy atom. The molecule has 0 atom stereocenters.